The van der Waals surface area contributed by atoms with Crippen LogP contribution in [0.5, 0.6) is 11.5 Å². The lowest BCUT2D eigenvalue weighted by atomic mass is 9.83. The van der Waals surface area contributed by atoms with Gasteiger partial charge in [-0.1, -0.05) is 24.3 Å². The number of rotatable bonds is 2. The van der Waals surface area contributed by atoms with Gasteiger partial charge in [-0.3, -0.25) is 0 Å². The topological polar surface area (TPSA) is 89.8 Å². The predicted molar refractivity (Wildman–Crippen MR) is 155 cm³/mol. The molecule has 0 spiro atoms. The number of carboxylic acid groups (broad SMARTS) is 1. The third kappa shape index (κ3) is 4.26. The Kier molecular flexibility index (Phi) is 6.91. The highest BCUT2D eigenvalue weighted by molar-refractivity contribution is 5.98. The summed E-state index contributed by atoms with van der Waals surface area (Å²) >= 11 is 0. The van der Waals surface area contributed by atoms with Gasteiger partial charge in [-0.15, -0.1) is 0 Å². The van der Waals surface area contributed by atoms with Crippen LogP contribution in [-0.2, 0) is 35.3 Å². The Morgan fingerprint density at radius 1 is 0.810 bits per heavy atom. The van der Waals surface area contributed by atoms with Crippen LogP contribution < -0.4 is 29.9 Å². The molecule has 7 nitrogen and oxygen atoms in total. The molecular formula is C35H34N2O5. The first-order chi connectivity index (χ1) is 20.6. The van der Waals surface area contributed by atoms with E-state index in [4.69, 9.17) is 14.3 Å². The van der Waals surface area contributed by atoms with Gasteiger partial charge in [0.05, 0.1) is 11.5 Å². The Bertz CT molecular complexity index is 1780. The lowest BCUT2D eigenvalue weighted by Gasteiger charge is -2.35. The van der Waals surface area contributed by atoms with Gasteiger partial charge in [0.15, 0.2) is 0 Å². The molecule has 0 aliphatic carbocycles. The lowest BCUT2D eigenvalue weighted by Crippen LogP contribution is -2.41. The summed E-state index contributed by atoms with van der Waals surface area (Å²) in [5.74, 6) is 0.785. The largest absolute Gasteiger partial charge is 0.545 e. The summed E-state index contributed by atoms with van der Waals surface area (Å²) in [4.78, 5) is 31.3. The molecule has 0 amide bonds. The maximum absolute atomic E-state index is 12.4. The zero-order chi connectivity index (χ0) is 28.8. The number of aromatic carboxylic acids is 1. The summed E-state index contributed by atoms with van der Waals surface area (Å²) < 4.78 is 9.70. The Morgan fingerprint density at radius 3 is 2.40 bits per heavy atom. The quantitative estimate of drug-likeness (QED) is 0.349. The molecule has 5 aliphatic rings. The molecule has 8 rings (SSSR count). The van der Waals surface area contributed by atoms with Gasteiger partial charge in [-0.25, -0.2) is 4.58 Å². The second-order valence-corrected chi connectivity index (χ2v) is 12.0. The van der Waals surface area contributed by atoms with E-state index in [0.29, 0.717) is 0 Å². The van der Waals surface area contributed by atoms with E-state index in [1.54, 1.807) is 12.1 Å². The Hall–Kier alpha value is -4.22. The van der Waals surface area contributed by atoms with Crippen molar-refractivity contribution in [3.05, 3.63) is 85.9 Å². The zero-order valence-electron chi connectivity index (χ0n) is 23.8. The highest BCUT2D eigenvalue weighted by atomic mass is 16.5. The van der Waals surface area contributed by atoms with E-state index in [0.717, 1.165) is 98.1 Å². The van der Waals surface area contributed by atoms with Crippen LogP contribution in [0.15, 0.2) is 36.4 Å². The number of ether oxygens (including phenoxy) is 1. The number of anilines is 1. The van der Waals surface area contributed by atoms with Crippen molar-refractivity contribution in [3.63, 3.8) is 0 Å². The first kappa shape index (κ1) is 26.7. The minimum Gasteiger partial charge on any atom is -0.545 e. The summed E-state index contributed by atoms with van der Waals surface area (Å²) in [5.41, 5.74) is 9.86. The second kappa shape index (κ2) is 10.9. The standard InChI is InChI=1S/C34H34N2O3.CO2/c37-34(38)24-12-2-1-11-23(24)29-27-19-21-9-3-5-15-35-17-7-13-25(30(21)35)32(27)39-33-26-14-8-18-36-16-6-4-10-22(31(26)36)20-28(29)33;2-1-3/h1-2,11-12,19-20H,3-10,13-18H2;. The molecule has 0 fully saturated rings. The number of benzene rings is 3. The molecule has 0 bridgehead atoms. The molecule has 0 aromatic heterocycles. The van der Waals surface area contributed by atoms with Gasteiger partial charge in [0.2, 0.25) is 5.36 Å². The number of hydrogen-bond donors (Lipinski definition) is 0. The number of nitrogens with zero attached hydrogens (tertiary/aromatic N) is 2. The second-order valence-electron chi connectivity index (χ2n) is 12.0. The molecule has 0 N–H and O–H groups in total. The molecule has 0 radical (unpaired) electrons. The molecule has 5 aliphatic heterocycles. The van der Waals surface area contributed by atoms with Gasteiger partial charge >= 0.3 is 6.15 Å². The highest BCUT2D eigenvalue weighted by Crippen LogP contribution is 2.48. The van der Waals surface area contributed by atoms with Crippen molar-refractivity contribution in [2.45, 2.75) is 64.2 Å². The van der Waals surface area contributed by atoms with Crippen molar-refractivity contribution in [2.24, 2.45) is 0 Å². The van der Waals surface area contributed by atoms with Crippen LogP contribution in [0.2, 0.25) is 0 Å². The fraction of sp³-hybridized carbons (Fsp3) is 0.400. The molecule has 3 aromatic carbocycles. The minimum absolute atomic E-state index is 0.250. The van der Waals surface area contributed by atoms with Crippen LogP contribution >= 0.6 is 0 Å². The van der Waals surface area contributed by atoms with Gasteiger partial charge in [-0.2, -0.15) is 9.59 Å². The number of carbonyl (C=O) groups excluding carboxylic acids is 3. The molecule has 0 atom stereocenters. The third-order valence-electron chi connectivity index (χ3n) is 9.60. The van der Waals surface area contributed by atoms with Crippen LogP contribution in [0.1, 0.15) is 82.3 Å². The van der Waals surface area contributed by atoms with E-state index in [1.165, 1.54) is 59.0 Å². The number of fused-ring (bicyclic) bond motifs is 4. The van der Waals surface area contributed by atoms with Gasteiger partial charge < -0.3 is 19.5 Å². The minimum atomic E-state index is -1.13. The molecule has 3 aromatic rings. The molecule has 0 unspecified atom stereocenters. The van der Waals surface area contributed by atoms with Crippen LogP contribution in [0.4, 0.5) is 5.69 Å². The molecule has 42 heavy (non-hydrogen) atoms. The van der Waals surface area contributed by atoms with E-state index in [9.17, 15) is 9.90 Å². The SMILES string of the molecule is O=C([O-])c1ccccc1C1=c2cc3c4c(c2Oc2c1cc1c5c2CCCN5CCCC1)CCC[N+]=4CCCC3.O=C=O. The first-order valence-corrected chi connectivity index (χ1v) is 15.3. The summed E-state index contributed by atoms with van der Waals surface area (Å²) in [6.07, 6.45) is 11.4. The van der Waals surface area contributed by atoms with Crippen LogP contribution in [0, 0.1) is 0 Å². The van der Waals surface area contributed by atoms with Gasteiger partial charge in [0.25, 0.3) is 0 Å². The zero-order valence-corrected chi connectivity index (χ0v) is 23.8. The number of carbonyl (C=O) groups is 1. The van der Waals surface area contributed by atoms with Gasteiger partial charge in [0.1, 0.15) is 24.6 Å². The van der Waals surface area contributed by atoms with E-state index >= 15 is 0 Å². The smallest absolute Gasteiger partial charge is 0.373 e. The third-order valence-corrected chi connectivity index (χ3v) is 9.60. The monoisotopic (exact) mass is 562 g/mol. The van der Waals surface area contributed by atoms with E-state index in [1.807, 2.05) is 12.1 Å². The number of hydrogen-bond acceptors (Lipinski definition) is 6. The van der Waals surface area contributed by atoms with Crippen molar-refractivity contribution in [1.82, 2.24) is 4.58 Å². The number of carboxylic acids is 1. The maximum Gasteiger partial charge on any atom is 0.373 e. The molecule has 5 heterocycles. The van der Waals surface area contributed by atoms with Crippen molar-refractivity contribution in [3.8, 4) is 11.5 Å². The Morgan fingerprint density at radius 2 is 1.55 bits per heavy atom. The van der Waals surface area contributed by atoms with E-state index < -0.39 is 5.97 Å². The highest BCUT2D eigenvalue weighted by Gasteiger charge is 2.35. The van der Waals surface area contributed by atoms with Gasteiger partial charge in [-0.05, 0) is 74.6 Å². The van der Waals surface area contributed by atoms with Crippen LogP contribution in [-0.4, -0.2) is 38.3 Å². The maximum atomic E-state index is 12.4. The molecule has 7 heteroatoms. The molecule has 0 saturated heterocycles. The fourth-order valence-electron chi connectivity index (χ4n) is 8.00. The first-order valence-electron chi connectivity index (χ1n) is 15.3. The molecule has 0 saturated carbocycles. The Balaban J connectivity index is 0.000000923. The molecular weight excluding hydrogens is 528 g/mol. The van der Waals surface area contributed by atoms with E-state index in [2.05, 4.69) is 21.6 Å². The number of aryl methyl sites for hydroxylation is 2. The average Bonchev–Trinajstić information content (AvgIpc) is 3.35. The summed E-state index contributed by atoms with van der Waals surface area (Å²) in [7, 11) is 0. The van der Waals surface area contributed by atoms with Crippen molar-refractivity contribution in [2.75, 3.05) is 31.1 Å². The summed E-state index contributed by atoms with van der Waals surface area (Å²) in [6, 6.07) is 12.1. The lowest BCUT2D eigenvalue weighted by molar-refractivity contribution is -0.255. The normalized spacial score (nSPS) is 18.0. The predicted octanol–water partition coefficient (Wildman–Crippen LogP) is 2.68. The summed E-state index contributed by atoms with van der Waals surface area (Å²) in [6.45, 7) is 4.42. The van der Waals surface area contributed by atoms with Crippen molar-refractivity contribution >= 4 is 23.4 Å². The van der Waals surface area contributed by atoms with Crippen molar-refractivity contribution in [1.29, 1.82) is 0 Å². The average molecular weight is 563 g/mol. The summed E-state index contributed by atoms with van der Waals surface area (Å²) in [5, 5.41) is 14.9. The fourth-order valence-corrected chi connectivity index (χ4v) is 8.00. The Labute approximate surface area is 244 Å². The van der Waals surface area contributed by atoms with Crippen LogP contribution in [0.3, 0.4) is 0 Å². The van der Waals surface area contributed by atoms with Gasteiger partial charge in [0, 0.05) is 64.7 Å². The van der Waals surface area contributed by atoms with E-state index in [-0.39, 0.29) is 11.7 Å². The molecule has 214 valence electrons. The van der Waals surface area contributed by atoms with Crippen LogP contribution in [0.25, 0.3) is 5.57 Å². The van der Waals surface area contributed by atoms with Crippen molar-refractivity contribution < 1.29 is 24.2 Å².